The van der Waals surface area contributed by atoms with Crippen LogP contribution in [0.2, 0.25) is 0 Å². The second-order valence-electron chi connectivity index (χ2n) is 4.93. The van der Waals surface area contributed by atoms with Crippen molar-refractivity contribution in [2.75, 3.05) is 6.61 Å². The van der Waals surface area contributed by atoms with Crippen molar-refractivity contribution in [3.63, 3.8) is 0 Å². The molecule has 0 saturated carbocycles. The van der Waals surface area contributed by atoms with E-state index in [9.17, 15) is 14.4 Å². The molecular weight excluding hydrogens is 318 g/mol. The van der Waals surface area contributed by atoms with Gasteiger partial charge in [-0.3, -0.25) is 29.8 Å². The number of hydrogen-bond donors (Lipinski definition) is 2. The summed E-state index contributed by atoms with van der Waals surface area (Å²) in [5, 5.41) is 1.67. The third-order valence-electron chi connectivity index (χ3n) is 3.01. The summed E-state index contributed by atoms with van der Waals surface area (Å²) in [4.78, 5) is 34.6. The van der Waals surface area contributed by atoms with Gasteiger partial charge >= 0.3 is 4.87 Å². The maximum absolute atomic E-state index is 11.7. The van der Waals surface area contributed by atoms with E-state index in [1.165, 1.54) is 4.57 Å². The number of hydrogen-bond acceptors (Lipinski definition) is 5. The van der Waals surface area contributed by atoms with Gasteiger partial charge in [-0.15, -0.1) is 0 Å². The molecule has 0 unspecified atom stereocenters. The lowest BCUT2D eigenvalue weighted by atomic mass is 10.2. The summed E-state index contributed by atoms with van der Waals surface area (Å²) in [5.74, 6) is -0.414. The summed E-state index contributed by atoms with van der Waals surface area (Å²) in [6.45, 7) is 3.32. The van der Waals surface area contributed by atoms with Crippen LogP contribution in [-0.4, -0.2) is 23.0 Å². The van der Waals surface area contributed by atoms with Gasteiger partial charge in [-0.1, -0.05) is 29.0 Å². The molecule has 0 aliphatic carbocycles. The van der Waals surface area contributed by atoms with E-state index in [0.29, 0.717) is 11.4 Å². The summed E-state index contributed by atoms with van der Waals surface area (Å²) in [5.41, 5.74) is 6.28. The Labute approximate surface area is 136 Å². The van der Waals surface area contributed by atoms with E-state index in [-0.39, 0.29) is 18.0 Å². The Morgan fingerprint density at radius 2 is 1.78 bits per heavy atom. The van der Waals surface area contributed by atoms with Crippen LogP contribution in [0.15, 0.2) is 34.4 Å². The van der Waals surface area contributed by atoms with E-state index in [4.69, 9.17) is 4.74 Å². The molecule has 0 aliphatic heterocycles. The number of hydrazine groups is 1. The van der Waals surface area contributed by atoms with Crippen LogP contribution in [0.4, 0.5) is 0 Å². The van der Waals surface area contributed by atoms with Gasteiger partial charge < -0.3 is 4.74 Å². The Balaban J connectivity index is 1.74. The molecule has 7 nitrogen and oxygen atoms in total. The van der Waals surface area contributed by atoms with Crippen LogP contribution in [0.25, 0.3) is 0 Å². The van der Waals surface area contributed by atoms with Crippen molar-refractivity contribution in [3.8, 4) is 5.75 Å². The van der Waals surface area contributed by atoms with Gasteiger partial charge in [0.2, 0.25) is 0 Å². The van der Waals surface area contributed by atoms with Crippen molar-refractivity contribution in [2.45, 2.75) is 20.4 Å². The van der Waals surface area contributed by atoms with Crippen LogP contribution in [0, 0.1) is 13.8 Å². The fourth-order valence-electron chi connectivity index (χ4n) is 1.74. The Morgan fingerprint density at radius 1 is 1.13 bits per heavy atom. The number of ether oxygens (including phenoxy) is 1. The van der Waals surface area contributed by atoms with Crippen LogP contribution in [0.5, 0.6) is 5.75 Å². The fourth-order valence-corrected chi connectivity index (χ4v) is 2.47. The first-order valence-electron chi connectivity index (χ1n) is 6.88. The summed E-state index contributed by atoms with van der Waals surface area (Å²) in [7, 11) is 0. The van der Waals surface area contributed by atoms with Crippen molar-refractivity contribution < 1.29 is 14.3 Å². The number of rotatable bonds is 5. The van der Waals surface area contributed by atoms with Crippen molar-refractivity contribution in [3.05, 3.63) is 50.6 Å². The number of nitrogens with one attached hydrogen (secondary N) is 2. The van der Waals surface area contributed by atoms with E-state index < -0.39 is 11.8 Å². The highest BCUT2D eigenvalue weighted by molar-refractivity contribution is 7.07. The number of aryl methyl sites for hydroxylation is 2. The molecule has 0 fully saturated rings. The second-order valence-corrected chi connectivity index (χ2v) is 5.75. The fraction of sp³-hybridized carbons (Fsp3) is 0.267. The predicted octanol–water partition coefficient (Wildman–Crippen LogP) is 0.753. The van der Waals surface area contributed by atoms with Gasteiger partial charge in [0.15, 0.2) is 6.61 Å². The Morgan fingerprint density at radius 3 is 2.39 bits per heavy atom. The summed E-state index contributed by atoms with van der Waals surface area (Å²) in [6.07, 6.45) is 0. The molecule has 0 spiro atoms. The first-order valence-corrected chi connectivity index (χ1v) is 7.76. The monoisotopic (exact) mass is 335 g/mol. The van der Waals surface area contributed by atoms with Gasteiger partial charge in [-0.2, -0.15) is 0 Å². The van der Waals surface area contributed by atoms with Crippen LogP contribution >= 0.6 is 11.3 Å². The zero-order valence-corrected chi connectivity index (χ0v) is 13.6. The largest absolute Gasteiger partial charge is 0.484 e. The normalized spacial score (nSPS) is 10.2. The number of carbonyl (C=O) groups excluding carboxylic acids is 2. The predicted molar refractivity (Wildman–Crippen MR) is 86.3 cm³/mol. The average molecular weight is 335 g/mol. The molecule has 0 saturated heterocycles. The molecule has 0 aliphatic rings. The quantitative estimate of drug-likeness (QED) is 0.789. The molecule has 1 aromatic carbocycles. The topological polar surface area (TPSA) is 89.4 Å². The molecule has 1 aromatic heterocycles. The molecular formula is C15H17N3O4S. The number of nitrogens with zero attached hydrogens (tertiary/aromatic N) is 1. The lowest BCUT2D eigenvalue weighted by Gasteiger charge is -2.09. The molecule has 2 N–H and O–H groups in total. The van der Waals surface area contributed by atoms with Gasteiger partial charge in [0.25, 0.3) is 11.8 Å². The van der Waals surface area contributed by atoms with Gasteiger partial charge in [-0.05, 0) is 26.0 Å². The number of benzene rings is 1. The highest BCUT2D eigenvalue weighted by Crippen LogP contribution is 2.10. The molecule has 2 aromatic rings. The van der Waals surface area contributed by atoms with Crippen molar-refractivity contribution >= 4 is 23.2 Å². The van der Waals surface area contributed by atoms with E-state index in [0.717, 1.165) is 16.9 Å². The van der Waals surface area contributed by atoms with E-state index in [1.807, 2.05) is 19.1 Å². The minimum absolute atomic E-state index is 0.146. The third kappa shape index (κ3) is 4.96. The molecule has 0 bridgehead atoms. The van der Waals surface area contributed by atoms with Crippen LogP contribution in [0.1, 0.15) is 11.3 Å². The molecule has 2 rings (SSSR count). The van der Waals surface area contributed by atoms with Crippen LogP contribution in [-0.2, 0) is 16.1 Å². The van der Waals surface area contributed by atoms with Crippen molar-refractivity contribution in [1.82, 2.24) is 15.4 Å². The summed E-state index contributed by atoms with van der Waals surface area (Å²) in [6, 6.07) is 7.26. The Kier molecular flexibility index (Phi) is 5.53. The molecule has 8 heteroatoms. The molecule has 2 amide bonds. The van der Waals surface area contributed by atoms with E-state index in [2.05, 4.69) is 10.9 Å². The zero-order valence-electron chi connectivity index (χ0n) is 12.8. The third-order valence-corrected chi connectivity index (χ3v) is 3.89. The lowest BCUT2D eigenvalue weighted by Crippen LogP contribution is -2.45. The van der Waals surface area contributed by atoms with Crippen molar-refractivity contribution in [1.29, 1.82) is 0 Å². The zero-order chi connectivity index (χ0) is 16.8. The maximum atomic E-state index is 11.7. The summed E-state index contributed by atoms with van der Waals surface area (Å²) < 4.78 is 6.61. The molecule has 23 heavy (non-hydrogen) atoms. The van der Waals surface area contributed by atoms with Gasteiger partial charge in [-0.25, -0.2) is 0 Å². The molecule has 122 valence electrons. The van der Waals surface area contributed by atoms with Gasteiger partial charge in [0, 0.05) is 11.1 Å². The molecule has 1 heterocycles. The SMILES string of the molecule is Cc1ccc(OCC(=O)NNC(=O)Cn2c(C)csc2=O)cc1. The number of thiazole rings is 1. The minimum Gasteiger partial charge on any atom is -0.484 e. The van der Waals surface area contributed by atoms with Gasteiger partial charge in [0.05, 0.1) is 0 Å². The maximum Gasteiger partial charge on any atom is 0.307 e. The Bertz CT molecular complexity index is 749. The standard InChI is InChI=1S/C15H17N3O4S/c1-10-3-5-12(6-4-10)22-8-14(20)17-16-13(19)7-18-11(2)9-23-15(18)21/h3-6,9H,7-8H2,1-2H3,(H,16,19)(H,17,20). The highest BCUT2D eigenvalue weighted by Gasteiger charge is 2.09. The van der Waals surface area contributed by atoms with E-state index in [1.54, 1.807) is 24.4 Å². The Hall–Kier alpha value is -2.61. The highest BCUT2D eigenvalue weighted by atomic mass is 32.1. The minimum atomic E-state index is -0.492. The number of carbonyl (C=O) groups is 2. The first-order chi connectivity index (χ1) is 11.0. The summed E-state index contributed by atoms with van der Waals surface area (Å²) >= 11 is 1.02. The lowest BCUT2D eigenvalue weighted by molar-refractivity contribution is -0.130. The number of amides is 2. The molecule has 0 atom stereocenters. The van der Waals surface area contributed by atoms with E-state index >= 15 is 0 Å². The smallest absolute Gasteiger partial charge is 0.307 e. The van der Waals surface area contributed by atoms with Gasteiger partial charge in [0.1, 0.15) is 12.3 Å². The van der Waals surface area contributed by atoms with Crippen molar-refractivity contribution in [2.24, 2.45) is 0 Å². The number of aromatic nitrogens is 1. The van der Waals surface area contributed by atoms with Crippen LogP contribution in [0.3, 0.4) is 0 Å². The first kappa shape index (κ1) is 16.8. The average Bonchev–Trinajstić information content (AvgIpc) is 2.84. The molecule has 0 radical (unpaired) electrons. The second kappa shape index (κ2) is 7.59. The van der Waals surface area contributed by atoms with Crippen LogP contribution < -0.4 is 20.5 Å².